The lowest BCUT2D eigenvalue weighted by Crippen LogP contribution is -2.21. The van der Waals surface area contributed by atoms with Gasteiger partial charge in [0.2, 0.25) is 0 Å². The summed E-state index contributed by atoms with van der Waals surface area (Å²) >= 11 is 0. The van der Waals surface area contributed by atoms with Crippen LogP contribution < -0.4 is 10.6 Å². The number of nitrogens with two attached hydrogens (primary N) is 1. The lowest BCUT2D eigenvalue weighted by atomic mass is 10.1. The van der Waals surface area contributed by atoms with Crippen LogP contribution in [0, 0.1) is 20.8 Å². The molecule has 0 fully saturated rings. The summed E-state index contributed by atoms with van der Waals surface area (Å²) in [6.45, 7) is 5.96. The number of benzene rings is 1. The molecule has 112 valence electrons. The topological polar surface area (TPSA) is 79.7 Å². The van der Waals surface area contributed by atoms with E-state index in [1.807, 2.05) is 25.9 Å². The second-order valence-electron chi connectivity index (χ2n) is 5.24. The van der Waals surface area contributed by atoms with Gasteiger partial charge in [-0.1, -0.05) is 22.9 Å². The Morgan fingerprint density at radius 3 is 2.57 bits per heavy atom. The number of oxime groups is 1. The maximum absolute atomic E-state index is 9.00. The highest BCUT2D eigenvalue weighted by atomic mass is 16.4. The van der Waals surface area contributed by atoms with Crippen molar-refractivity contribution in [3.8, 4) is 0 Å². The zero-order valence-electron chi connectivity index (χ0n) is 13.0. The average Bonchev–Trinajstić information content (AvgIpc) is 2.72. The molecule has 3 N–H and O–H groups in total. The highest BCUT2D eigenvalue weighted by molar-refractivity contribution is 6.03. The SMILES string of the molecule is Cc1ccc(N(C)c2c(C(N)=NO)c(C)nn2C)c(C)c1. The van der Waals surface area contributed by atoms with Gasteiger partial charge >= 0.3 is 0 Å². The van der Waals surface area contributed by atoms with Crippen molar-refractivity contribution >= 4 is 17.3 Å². The minimum atomic E-state index is 0.0622. The van der Waals surface area contributed by atoms with Gasteiger partial charge in [0.15, 0.2) is 5.84 Å². The molecule has 0 atom stereocenters. The Kier molecular flexibility index (Phi) is 3.88. The molecular weight excluding hydrogens is 266 g/mol. The van der Waals surface area contributed by atoms with Crippen LogP contribution in [0.25, 0.3) is 0 Å². The molecule has 2 rings (SSSR count). The number of aryl methyl sites for hydroxylation is 4. The minimum absolute atomic E-state index is 0.0622. The lowest BCUT2D eigenvalue weighted by Gasteiger charge is -2.23. The molecule has 0 bridgehead atoms. The van der Waals surface area contributed by atoms with Gasteiger partial charge in [-0.3, -0.25) is 4.68 Å². The molecule has 0 spiro atoms. The third-order valence-corrected chi connectivity index (χ3v) is 3.59. The number of anilines is 2. The van der Waals surface area contributed by atoms with Gasteiger partial charge in [-0.25, -0.2) is 0 Å². The first kappa shape index (κ1) is 14.9. The van der Waals surface area contributed by atoms with E-state index < -0.39 is 0 Å². The van der Waals surface area contributed by atoms with Crippen molar-refractivity contribution in [3.63, 3.8) is 0 Å². The molecule has 6 nitrogen and oxygen atoms in total. The molecule has 1 aromatic carbocycles. The summed E-state index contributed by atoms with van der Waals surface area (Å²) in [6, 6.07) is 6.24. The number of hydrogen-bond donors (Lipinski definition) is 2. The molecule has 0 amide bonds. The maximum Gasteiger partial charge on any atom is 0.175 e. The van der Waals surface area contributed by atoms with Crippen LogP contribution in [0.15, 0.2) is 23.4 Å². The average molecular weight is 287 g/mol. The van der Waals surface area contributed by atoms with Crippen LogP contribution in [-0.2, 0) is 7.05 Å². The minimum Gasteiger partial charge on any atom is -0.409 e. The number of aromatic nitrogens is 2. The first-order chi connectivity index (χ1) is 9.86. The largest absolute Gasteiger partial charge is 0.409 e. The number of nitrogens with zero attached hydrogens (tertiary/aromatic N) is 4. The Hall–Kier alpha value is -2.50. The molecule has 0 saturated heterocycles. The van der Waals surface area contributed by atoms with E-state index in [0.717, 1.165) is 22.8 Å². The molecule has 6 heteroatoms. The van der Waals surface area contributed by atoms with Gasteiger partial charge in [0.05, 0.1) is 11.3 Å². The predicted molar refractivity (Wildman–Crippen MR) is 84.4 cm³/mol. The van der Waals surface area contributed by atoms with E-state index in [1.54, 1.807) is 4.68 Å². The van der Waals surface area contributed by atoms with Crippen molar-refractivity contribution < 1.29 is 5.21 Å². The van der Waals surface area contributed by atoms with Crippen LogP contribution in [0.3, 0.4) is 0 Å². The fraction of sp³-hybridized carbons (Fsp3) is 0.333. The molecule has 0 aliphatic rings. The molecule has 1 aromatic heterocycles. The Bertz CT molecular complexity index is 702. The Balaban J connectivity index is 2.61. The fourth-order valence-electron chi connectivity index (χ4n) is 2.68. The second kappa shape index (κ2) is 5.47. The summed E-state index contributed by atoms with van der Waals surface area (Å²) in [6.07, 6.45) is 0. The summed E-state index contributed by atoms with van der Waals surface area (Å²) in [7, 11) is 3.79. The van der Waals surface area contributed by atoms with Crippen molar-refractivity contribution in [1.82, 2.24) is 9.78 Å². The van der Waals surface area contributed by atoms with Crippen LogP contribution in [0.5, 0.6) is 0 Å². The van der Waals surface area contributed by atoms with E-state index in [1.165, 1.54) is 5.56 Å². The molecule has 0 aliphatic heterocycles. The van der Waals surface area contributed by atoms with E-state index in [0.29, 0.717) is 5.56 Å². The number of hydrogen-bond acceptors (Lipinski definition) is 4. The smallest absolute Gasteiger partial charge is 0.175 e. The highest BCUT2D eigenvalue weighted by Crippen LogP contribution is 2.31. The van der Waals surface area contributed by atoms with E-state index in [9.17, 15) is 0 Å². The van der Waals surface area contributed by atoms with E-state index >= 15 is 0 Å². The van der Waals surface area contributed by atoms with Crippen LogP contribution in [-0.4, -0.2) is 27.9 Å². The normalized spacial score (nSPS) is 11.8. The summed E-state index contributed by atoms with van der Waals surface area (Å²) in [5.41, 5.74) is 10.6. The monoisotopic (exact) mass is 287 g/mol. The van der Waals surface area contributed by atoms with Gasteiger partial charge in [0.1, 0.15) is 5.82 Å². The molecule has 0 aliphatic carbocycles. The second-order valence-corrected chi connectivity index (χ2v) is 5.24. The van der Waals surface area contributed by atoms with Gasteiger partial charge in [-0.2, -0.15) is 5.10 Å². The van der Waals surface area contributed by atoms with Crippen molar-refractivity contribution in [2.45, 2.75) is 20.8 Å². The summed E-state index contributed by atoms with van der Waals surface area (Å²) in [5, 5.41) is 16.5. The molecule has 21 heavy (non-hydrogen) atoms. The zero-order chi connectivity index (χ0) is 15.7. The lowest BCUT2D eigenvalue weighted by molar-refractivity contribution is 0.318. The summed E-state index contributed by atoms with van der Waals surface area (Å²) < 4.78 is 1.74. The molecule has 0 unspecified atom stereocenters. The van der Waals surface area contributed by atoms with Crippen molar-refractivity contribution in [2.75, 3.05) is 11.9 Å². The number of amidine groups is 1. The predicted octanol–water partition coefficient (Wildman–Crippen LogP) is 2.21. The van der Waals surface area contributed by atoms with Gasteiger partial charge in [0, 0.05) is 19.8 Å². The van der Waals surface area contributed by atoms with Gasteiger partial charge in [-0.05, 0) is 32.4 Å². The first-order valence-electron chi connectivity index (χ1n) is 6.69. The molecular formula is C15H21N5O. The van der Waals surface area contributed by atoms with Crippen molar-refractivity contribution in [3.05, 3.63) is 40.6 Å². The molecule has 2 aromatic rings. The standard InChI is InChI=1S/C15H21N5O/c1-9-6-7-12(10(2)8-9)19(4)15-13(14(16)18-21)11(3)17-20(15)5/h6-8,21H,1-5H3,(H2,16,18). The molecule has 0 radical (unpaired) electrons. The van der Waals surface area contributed by atoms with E-state index in [-0.39, 0.29) is 5.84 Å². The first-order valence-corrected chi connectivity index (χ1v) is 6.69. The van der Waals surface area contributed by atoms with Crippen LogP contribution in [0.2, 0.25) is 0 Å². The highest BCUT2D eigenvalue weighted by Gasteiger charge is 2.22. The fourth-order valence-corrected chi connectivity index (χ4v) is 2.68. The zero-order valence-corrected chi connectivity index (χ0v) is 13.0. The Morgan fingerprint density at radius 2 is 2.00 bits per heavy atom. The van der Waals surface area contributed by atoms with Crippen molar-refractivity contribution in [2.24, 2.45) is 17.9 Å². The van der Waals surface area contributed by atoms with Crippen LogP contribution in [0.4, 0.5) is 11.5 Å². The van der Waals surface area contributed by atoms with Crippen LogP contribution >= 0.6 is 0 Å². The summed E-state index contributed by atoms with van der Waals surface area (Å²) in [5.74, 6) is 0.849. The Labute approximate surface area is 124 Å². The third-order valence-electron chi connectivity index (χ3n) is 3.59. The summed E-state index contributed by atoms with van der Waals surface area (Å²) in [4.78, 5) is 2.00. The van der Waals surface area contributed by atoms with Gasteiger partial charge in [-0.15, -0.1) is 0 Å². The quantitative estimate of drug-likeness (QED) is 0.392. The van der Waals surface area contributed by atoms with E-state index in [4.69, 9.17) is 10.9 Å². The van der Waals surface area contributed by atoms with Gasteiger partial charge in [0.25, 0.3) is 0 Å². The van der Waals surface area contributed by atoms with E-state index in [2.05, 4.69) is 42.3 Å². The van der Waals surface area contributed by atoms with Crippen molar-refractivity contribution in [1.29, 1.82) is 0 Å². The maximum atomic E-state index is 9.00. The molecule has 1 heterocycles. The van der Waals surface area contributed by atoms with Crippen LogP contribution in [0.1, 0.15) is 22.4 Å². The Morgan fingerprint density at radius 1 is 1.33 bits per heavy atom. The van der Waals surface area contributed by atoms with Gasteiger partial charge < -0.3 is 15.8 Å². The number of rotatable bonds is 3. The third kappa shape index (κ3) is 2.56. The molecule has 0 saturated carbocycles.